The van der Waals surface area contributed by atoms with Crippen molar-refractivity contribution < 1.29 is 14.3 Å². The van der Waals surface area contributed by atoms with E-state index in [0.29, 0.717) is 60.5 Å². The maximum absolute atomic E-state index is 13.1. The summed E-state index contributed by atoms with van der Waals surface area (Å²) in [4.78, 5) is 37.8. The molecule has 1 unspecified atom stereocenters. The summed E-state index contributed by atoms with van der Waals surface area (Å²) in [5.41, 5.74) is 3.84. The van der Waals surface area contributed by atoms with Crippen molar-refractivity contribution >= 4 is 34.3 Å². The van der Waals surface area contributed by atoms with E-state index in [2.05, 4.69) is 43.7 Å². The Kier molecular flexibility index (Phi) is 7.87. The summed E-state index contributed by atoms with van der Waals surface area (Å²) in [6.07, 6.45) is 8.71. The van der Waals surface area contributed by atoms with Crippen LogP contribution in [-0.2, 0) is 11.8 Å². The van der Waals surface area contributed by atoms with Gasteiger partial charge in [0.05, 0.1) is 11.6 Å². The Bertz CT molecular complexity index is 1910. The Morgan fingerprint density at radius 1 is 1.13 bits per heavy atom. The monoisotopic (exact) mass is 619 g/mol. The second-order valence-corrected chi connectivity index (χ2v) is 12.0. The van der Waals surface area contributed by atoms with E-state index in [4.69, 9.17) is 14.5 Å². The highest BCUT2D eigenvalue weighted by molar-refractivity contribution is 5.90. The minimum absolute atomic E-state index is 0.0433. The fourth-order valence-corrected chi connectivity index (χ4v) is 6.16. The lowest BCUT2D eigenvalue weighted by Gasteiger charge is -2.39. The van der Waals surface area contributed by atoms with Crippen molar-refractivity contribution in [3.63, 3.8) is 0 Å². The predicted molar refractivity (Wildman–Crippen MR) is 176 cm³/mol. The number of hydrogen-bond acceptors (Lipinski definition) is 10. The number of carbonyl (C=O) groups is 1. The number of anilines is 3. The number of carbonyl (C=O) groups excluding carboxylic acids is 1. The van der Waals surface area contributed by atoms with Gasteiger partial charge in [-0.1, -0.05) is 12.7 Å². The summed E-state index contributed by atoms with van der Waals surface area (Å²) < 4.78 is 14.3. The molecule has 236 valence electrons. The molecule has 2 bridgehead atoms. The highest BCUT2D eigenvalue weighted by Gasteiger charge is 2.35. The Labute approximate surface area is 267 Å². The number of ether oxygens (including phenoxy) is 2. The molecule has 1 atom stereocenters. The molecule has 2 saturated heterocycles. The van der Waals surface area contributed by atoms with Crippen LogP contribution < -0.4 is 25.2 Å². The van der Waals surface area contributed by atoms with Gasteiger partial charge in [-0.15, -0.1) is 0 Å². The molecule has 1 aromatic carbocycles. The maximum Gasteiger partial charge on any atom is 0.246 e. The highest BCUT2D eigenvalue weighted by atomic mass is 16.5. The number of amides is 1. The van der Waals surface area contributed by atoms with E-state index in [1.807, 2.05) is 72.1 Å². The van der Waals surface area contributed by atoms with E-state index in [9.17, 15) is 4.79 Å². The Morgan fingerprint density at radius 3 is 2.80 bits per heavy atom. The smallest absolute Gasteiger partial charge is 0.246 e. The van der Waals surface area contributed by atoms with Crippen LogP contribution in [0, 0.1) is 12.8 Å². The minimum atomic E-state index is -0.0682. The number of benzene rings is 1. The first-order valence-electron chi connectivity index (χ1n) is 15.4. The van der Waals surface area contributed by atoms with E-state index in [1.165, 1.54) is 12.5 Å². The fourth-order valence-electron chi connectivity index (χ4n) is 6.16. The number of nitrogens with zero attached hydrogens (tertiary/aromatic N) is 8. The van der Waals surface area contributed by atoms with Gasteiger partial charge in [0.25, 0.3) is 0 Å². The molecule has 1 amide bonds. The number of piperazine rings is 1. The first kappa shape index (κ1) is 29.5. The number of pyridine rings is 2. The molecular weight excluding hydrogens is 582 g/mol. The van der Waals surface area contributed by atoms with Crippen LogP contribution in [0.2, 0.25) is 0 Å². The first-order valence-corrected chi connectivity index (χ1v) is 15.4. The Hall–Kier alpha value is -5.23. The van der Waals surface area contributed by atoms with Crippen LogP contribution in [0.3, 0.4) is 0 Å². The molecule has 46 heavy (non-hydrogen) atoms. The summed E-state index contributed by atoms with van der Waals surface area (Å²) in [5, 5.41) is 3.43. The first-order chi connectivity index (χ1) is 22.3. The highest BCUT2D eigenvalue weighted by Crippen LogP contribution is 2.36. The van der Waals surface area contributed by atoms with E-state index in [0.717, 1.165) is 41.4 Å². The molecule has 3 aliphatic rings. The number of likely N-dealkylation sites (tertiary alicyclic amines) is 1. The summed E-state index contributed by atoms with van der Waals surface area (Å²) in [6, 6.07) is 11.5. The third-order valence-electron chi connectivity index (χ3n) is 8.64. The molecule has 0 aliphatic carbocycles. The molecule has 6 heterocycles. The van der Waals surface area contributed by atoms with Crippen molar-refractivity contribution in [3.8, 4) is 17.2 Å². The Balaban J connectivity index is 1.09. The van der Waals surface area contributed by atoms with Crippen LogP contribution in [0.4, 0.5) is 17.3 Å². The van der Waals surface area contributed by atoms with Gasteiger partial charge in [-0.25, -0.2) is 19.9 Å². The number of nitrogens with one attached hydrogen (secondary N) is 1. The third kappa shape index (κ3) is 5.91. The molecule has 0 spiro atoms. The molecule has 0 saturated carbocycles. The molecule has 3 aromatic heterocycles. The van der Waals surface area contributed by atoms with Gasteiger partial charge >= 0.3 is 0 Å². The molecule has 2 fully saturated rings. The average Bonchev–Trinajstić information content (AvgIpc) is 3.16. The second-order valence-electron chi connectivity index (χ2n) is 12.0. The summed E-state index contributed by atoms with van der Waals surface area (Å²) in [5.74, 6) is 3.91. The average molecular weight is 620 g/mol. The fraction of sp³-hybridized carbons (Fsp3) is 0.324. The molecule has 7 rings (SSSR count). The van der Waals surface area contributed by atoms with Gasteiger partial charge in [-0.05, 0) is 49.9 Å². The van der Waals surface area contributed by atoms with Gasteiger partial charge in [0, 0.05) is 75.9 Å². The largest absolute Gasteiger partial charge is 0.487 e. The quantitative estimate of drug-likeness (QED) is 0.309. The van der Waals surface area contributed by atoms with Crippen molar-refractivity contribution in [2.24, 2.45) is 18.0 Å². The zero-order valence-electron chi connectivity index (χ0n) is 26.3. The van der Waals surface area contributed by atoms with Gasteiger partial charge < -0.3 is 34.1 Å². The van der Waals surface area contributed by atoms with Crippen LogP contribution >= 0.6 is 0 Å². The van der Waals surface area contributed by atoms with Crippen molar-refractivity contribution in [3.05, 3.63) is 84.9 Å². The van der Waals surface area contributed by atoms with Crippen molar-refractivity contribution in [2.45, 2.75) is 13.0 Å². The lowest BCUT2D eigenvalue weighted by Crippen LogP contribution is -2.56. The van der Waals surface area contributed by atoms with Crippen molar-refractivity contribution in [2.75, 3.05) is 56.6 Å². The minimum Gasteiger partial charge on any atom is -0.487 e. The molecule has 3 aliphatic heterocycles. The van der Waals surface area contributed by atoms with Gasteiger partial charge in [0.15, 0.2) is 17.4 Å². The van der Waals surface area contributed by atoms with Crippen LogP contribution in [0.25, 0.3) is 11.0 Å². The van der Waals surface area contributed by atoms with E-state index >= 15 is 0 Å². The maximum atomic E-state index is 13.1. The molecular formula is C34H37N9O3. The third-order valence-corrected chi connectivity index (χ3v) is 8.64. The van der Waals surface area contributed by atoms with Crippen LogP contribution in [0.1, 0.15) is 5.56 Å². The number of fused-ring (bicyclic) bond motifs is 5. The molecule has 1 N–H and O–H groups in total. The van der Waals surface area contributed by atoms with Gasteiger partial charge in [0.1, 0.15) is 35.4 Å². The van der Waals surface area contributed by atoms with Crippen LogP contribution in [0.15, 0.2) is 78.8 Å². The standard InChI is InChI=1S/C34H37N9O3/c1-5-35-30-15-26(10-11-41(30)4)46-28-8-7-24(14-22(28)2)38-33-32-27(36-21-37-33)16-29-34(39-32)42-12-13-43(25(19-42)20-45-29)31(44)9-6-23-17-40(3)18-23/h5-11,14-16,21,23,25H,1,12-13,17-20H2,2-4H3,(H,36,37,38)/b9-6+,35-30?. The van der Waals surface area contributed by atoms with Crippen LogP contribution in [0.5, 0.6) is 17.2 Å². The summed E-state index contributed by atoms with van der Waals surface area (Å²) in [7, 11) is 4.01. The summed E-state index contributed by atoms with van der Waals surface area (Å²) in [6.45, 7) is 10.0. The molecule has 12 heteroatoms. The summed E-state index contributed by atoms with van der Waals surface area (Å²) >= 11 is 0. The van der Waals surface area contributed by atoms with E-state index in [1.54, 1.807) is 6.08 Å². The SMILES string of the molecule is C=CN=c1cc(Oc2ccc(Nc3ncnc4cc5c(nc34)N3CCN(C(=O)/C=C/C4CN(C)C4)C(CO5)C3)cc2C)ccn1C. The van der Waals surface area contributed by atoms with E-state index in [-0.39, 0.29) is 11.9 Å². The van der Waals surface area contributed by atoms with Crippen molar-refractivity contribution in [1.29, 1.82) is 0 Å². The lowest BCUT2D eigenvalue weighted by atomic mass is 10.0. The van der Waals surface area contributed by atoms with Gasteiger partial charge in [-0.2, -0.15) is 0 Å². The predicted octanol–water partition coefficient (Wildman–Crippen LogP) is 3.78. The number of aromatic nitrogens is 4. The molecule has 4 aromatic rings. The van der Waals surface area contributed by atoms with E-state index < -0.39 is 0 Å². The zero-order chi connectivity index (χ0) is 31.8. The van der Waals surface area contributed by atoms with Gasteiger partial charge in [-0.3, -0.25) is 4.79 Å². The molecule has 0 radical (unpaired) electrons. The lowest BCUT2D eigenvalue weighted by molar-refractivity contribution is -0.129. The van der Waals surface area contributed by atoms with Crippen LogP contribution in [-0.4, -0.2) is 87.6 Å². The molecule has 12 nitrogen and oxygen atoms in total. The zero-order valence-corrected chi connectivity index (χ0v) is 26.3. The topological polar surface area (TPSA) is 113 Å². The number of rotatable bonds is 7. The number of aryl methyl sites for hydroxylation is 2. The second kappa shape index (κ2) is 12.3. The number of hydrogen-bond donors (Lipinski definition) is 1. The normalized spacial score (nSPS) is 18.6. The van der Waals surface area contributed by atoms with Gasteiger partial charge in [0.2, 0.25) is 5.91 Å². The van der Waals surface area contributed by atoms with Crippen molar-refractivity contribution in [1.82, 2.24) is 29.3 Å². The Morgan fingerprint density at radius 2 is 2.00 bits per heavy atom.